The van der Waals surface area contributed by atoms with Crippen LogP contribution in [0.2, 0.25) is 5.02 Å². The third-order valence-electron chi connectivity index (χ3n) is 3.50. The van der Waals surface area contributed by atoms with Gasteiger partial charge in [-0.15, -0.1) is 0 Å². The lowest BCUT2D eigenvalue weighted by Crippen LogP contribution is -2.14. The van der Waals surface area contributed by atoms with E-state index >= 15 is 0 Å². The van der Waals surface area contributed by atoms with E-state index in [-0.39, 0.29) is 4.99 Å². The Balaban J connectivity index is 2.03. The van der Waals surface area contributed by atoms with Gasteiger partial charge >= 0.3 is 0 Å². The van der Waals surface area contributed by atoms with Gasteiger partial charge in [0.25, 0.3) is 0 Å². The summed E-state index contributed by atoms with van der Waals surface area (Å²) in [6.07, 6.45) is 2.97. The van der Waals surface area contributed by atoms with Gasteiger partial charge in [-0.05, 0) is 49.1 Å². The Morgan fingerprint density at radius 2 is 2.14 bits per heavy atom. The number of nitrogens with one attached hydrogen (secondary N) is 1. The van der Waals surface area contributed by atoms with Gasteiger partial charge in [0, 0.05) is 10.7 Å². The average molecular weight is 322 g/mol. The highest BCUT2D eigenvalue weighted by molar-refractivity contribution is 7.80. The molecule has 0 radical (unpaired) electrons. The van der Waals surface area contributed by atoms with Gasteiger partial charge in [-0.25, -0.2) is 9.37 Å². The summed E-state index contributed by atoms with van der Waals surface area (Å²) >= 11 is 10.8. The molecule has 3 N–H and O–H groups in total. The SMILES string of the molecule is NC(=S)c1cc2c(nc1Nc1ccc(Cl)cc1F)CCC2. The summed E-state index contributed by atoms with van der Waals surface area (Å²) in [5.41, 5.74) is 8.88. The number of aryl methyl sites for hydroxylation is 2. The van der Waals surface area contributed by atoms with Crippen molar-refractivity contribution >= 4 is 40.3 Å². The van der Waals surface area contributed by atoms with Crippen molar-refractivity contribution in [1.82, 2.24) is 4.98 Å². The van der Waals surface area contributed by atoms with Gasteiger partial charge in [0.15, 0.2) is 0 Å². The smallest absolute Gasteiger partial charge is 0.148 e. The Morgan fingerprint density at radius 3 is 2.86 bits per heavy atom. The Labute approximate surface area is 132 Å². The Bertz CT molecular complexity index is 733. The van der Waals surface area contributed by atoms with Gasteiger partial charge in [-0.1, -0.05) is 23.8 Å². The Kier molecular flexibility index (Phi) is 3.78. The van der Waals surface area contributed by atoms with E-state index in [2.05, 4.69) is 10.3 Å². The largest absolute Gasteiger partial charge is 0.389 e. The zero-order valence-electron chi connectivity index (χ0n) is 11.1. The molecule has 0 fully saturated rings. The van der Waals surface area contributed by atoms with Crippen molar-refractivity contribution in [1.29, 1.82) is 0 Å². The van der Waals surface area contributed by atoms with Crippen LogP contribution in [-0.4, -0.2) is 9.97 Å². The van der Waals surface area contributed by atoms with E-state index in [1.165, 1.54) is 11.6 Å². The molecule has 0 aliphatic heterocycles. The van der Waals surface area contributed by atoms with E-state index in [1.807, 2.05) is 6.07 Å². The third kappa shape index (κ3) is 2.84. The summed E-state index contributed by atoms with van der Waals surface area (Å²) in [6.45, 7) is 0. The predicted octanol–water partition coefficient (Wildman–Crippen LogP) is 3.74. The molecule has 6 heteroatoms. The van der Waals surface area contributed by atoms with Crippen molar-refractivity contribution in [3.05, 3.63) is 51.9 Å². The van der Waals surface area contributed by atoms with Crippen LogP contribution in [0.3, 0.4) is 0 Å². The summed E-state index contributed by atoms with van der Waals surface area (Å²) in [5.74, 6) is 0.0445. The fourth-order valence-corrected chi connectivity index (χ4v) is 2.79. The lowest BCUT2D eigenvalue weighted by molar-refractivity contribution is 0.632. The average Bonchev–Trinajstić information content (AvgIpc) is 2.88. The second kappa shape index (κ2) is 5.58. The molecule has 0 saturated carbocycles. The number of fused-ring (bicyclic) bond motifs is 1. The van der Waals surface area contributed by atoms with Crippen LogP contribution in [-0.2, 0) is 12.8 Å². The first kappa shape index (κ1) is 14.2. The topological polar surface area (TPSA) is 50.9 Å². The molecule has 1 aromatic carbocycles. The number of halogens is 2. The highest BCUT2D eigenvalue weighted by Crippen LogP contribution is 2.28. The maximum Gasteiger partial charge on any atom is 0.148 e. The molecule has 0 atom stereocenters. The summed E-state index contributed by atoms with van der Waals surface area (Å²) in [5, 5.41) is 3.31. The molecule has 21 heavy (non-hydrogen) atoms. The molecule has 3 nitrogen and oxygen atoms in total. The van der Waals surface area contributed by atoms with Crippen molar-refractivity contribution in [2.75, 3.05) is 5.32 Å². The quantitative estimate of drug-likeness (QED) is 0.846. The van der Waals surface area contributed by atoms with Crippen LogP contribution in [0.15, 0.2) is 24.3 Å². The number of aromatic nitrogens is 1. The summed E-state index contributed by atoms with van der Waals surface area (Å²) < 4.78 is 13.9. The number of rotatable bonds is 3. The lowest BCUT2D eigenvalue weighted by Gasteiger charge is -2.13. The molecule has 0 unspecified atom stereocenters. The first-order valence-corrected chi connectivity index (χ1v) is 7.38. The molecular weight excluding hydrogens is 309 g/mol. The zero-order valence-corrected chi connectivity index (χ0v) is 12.7. The fourth-order valence-electron chi connectivity index (χ4n) is 2.47. The molecule has 1 aliphatic rings. The minimum Gasteiger partial charge on any atom is -0.389 e. The monoisotopic (exact) mass is 321 g/mol. The van der Waals surface area contributed by atoms with E-state index in [0.29, 0.717) is 22.1 Å². The van der Waals surface area contributed by atoms with Crippen molar-refractivity contribution < 1.29 is 4.39 Å². The number of pyridine rings is 1. The molecule has 1 heterocycles. The minimum atomic E-state index is -0.446. The van der Waals surface area contributed by atoms with Gasteiger partial charge in [0.2, 0.25) is 0 Å². The summed E-state index contributed by atoms with van der Waals surface area (Å²) in [7, 11) is 0. The van der Waals surface area contributed by atoms with Crippen LogP contribution in [0, 0.1) is 5.82 Å². The summed E-state index contributed by atoms with van der Waals surface area (Å²) in [6, 6.07) is 6.38. The van der Waals surface area contributed by atoms with E-state index in [4.69, 9.17) is 29.6 Å². The first-order chi connectivity index (χ1) is 10.0. The second-order valence-corrected chi connectivity index (χ2v) is 5.83. The van der Waals surface area contributed by atoms with E-state index < -0.39 is 5.82 Å². The van der Waals surface area contributed by atoms with Crippen LogP contribution in [0.25, 0.3) is 0 Å². The first-order valence-electron chi connectivity index (χ1n) is 6.59. The number of nitrogens with zero attached hydrogens (tertiary/aromatic N) is 1. The molecule has 1 aromatic heterocycles. The van der Waals surface area contributed by atoms with Gasteiger partial charge < -0.3 is 11.1 Å². The zero-order chi connectivity index (χ0) is 15.0. The number of thiocarbonyl (C=S) groups is 1. The van der Waals surface area contributed by atoms with Crippen molar-refractivity contribution in [3.8, 4) is 0 Å². The third-order valence-corrected chi connectivity index (χ3v) is 3.96. The molecule has 3 rings (SSSR count). The predicted molar refractivity (Wildman–Crippen MR) is 86.8 cm³/mol. The van der Waals surface area contributed by atoms with Crippen LogP contribution in [0.5, 0.6) is 0 Å². The van der Waals surface area contributed by atoms with Gasteiger partial charge in [-0.3, -0.25) is 0 Å². The molecular formula is C15H13ClFN3S. The van der Waals surface area contributed by atoms with Crippen LogP contribution >= 0.6 is 23.8 Å². The number of anilines is 2. The van der Waals surface area contributed by atoms with Crippen LogP contribution < -0.4 is 11.1 Å². The number of nitrogens with two attached hydrogens (primary N) is 1. The highest BCUT2D eigenvalue weighted by Gasteiger charge is 2.18. The molecule has 108 valence electrons. The molecule has 0 spiro atoms. The molecule has 0 saturated heterocycles. The maximum absolute atomic E-state index is 13.9. The Hall–Kier alpha value is -1.72. The highest BCUT2D eigenvalue weighted by atomic mass is 35.5. The van der Waals surface area contributed by atoms with Crippen molar-refractivity contribution in [2.45, 2.75) is 19.3 Å². The van der Waals surface area contributed by atoms with Crippen molar-refractivity contribution in [2.24, 2.45) is 5.73 Å². The standard InChI is InChI=1S/C15H13ClFN3S/c16-9-4-5-13(11(17)7-9)20-15-10(14(18)21)6-8-2-1-3-12(8)19-15/h4-7H,1-3H2,(H2,18,21)(H,19,20). The minimum absolute atomic E-state index is 0.245. The van der Waals surface area contributed by atoms with Gasteiger partial charge in [0.1, 0.15) is 16.6 Å². The second-order valence-electron chi connectivity index (χ2n) is 4.96. The number of hydrogen-bond acceptors (Lipinski definition) is 3. The number of hydrogen-bond donors (Lipinski definition) is 2. The molecule has 0 amide bonds. The molecule has 1 aliphatic carbocycles. The van der Waals surface area contributed by atoms with Crippen LogP contribution in [0.4, 0.5) is 15.9 Å². The van der Waals surface area contributed by atoms with Crippen LogP contribution in [0.1, 0.15) is 23.2 Å². The van der Waals surface area contributed by atoms with Gasteiger partial charge in [-0.2, -0.15) is 0 Å². The van der Waals surface area contributed by atoms with E-state index in [9.17, 15) is 4.39 Å². The number of benzene rings is 1. The lowest BCUT2D eigenvalue weighted by atomic mass is 10.1. The summed E-state index contributed by atoms with van der Waals surface area (Å²) in [4.78, 5) is 4.80. The molecule has 2 aromatic rings. The van der Waals surface area contributed by atoms with E-state index in [0.717, 1.165) is 25.0 Å². The van der Waals surface area contributed by atoms with E-state index in [1.54, 1.807) is 12.1 Å². The Morgan fingerprint density at radius 1 is 1.33 bits per heavy atom. The van der Waals surface area contributed by atoms with Crippen molar-refractivity contribution in [3.63, 3.8) is 0 Å². The molecule has 0 bridgehead atoms. The normalized spacial score (nSPS) is 13.0. The van der Waals surface area contributed by atoms with Gasteiger partial charge in [0.05, 0.1) is 11.3 Å². The fraction of sp³-hybridized carbons (Fsp3) is 0.200. The maximum atomic E-state index is 13.9.